The number of anilines is 1. The fraction of sp³-hybridized carbons (Fsp3) is 0.538. The van der Waals surface area contributed by atoms with Gasteiger partial charge in [-0.15, -0.1) is 0 Å². The number of carbonyl (C=O) groups excluding carboxylic acids is 1. The highest BCUT2D eigenvalue weighted by Crippen LogP contribution is 2.25. The Hall–Kier alpha value is -1.29. The van der Waals surface area contributed by atoms with Gasteiger partial charge in [0.05, 0.1) is 0 Å². The topological polar surface area (TPSA) is 45.2 Å². The lowest BCUT2D eigenvalue weighted by Crippen LogP contribution is -2.34. The molecule has 0 spiro atoms. The summed E-state index contributed by atoms with van der Waals surface area (Å²) >= 11 is 5.92. The molecule has 1 aliphatic rings. The molecule has 1 fully saturated rings. The zero-order valence-corrected chi connectivity index (χ0v) is 11.7. The van der Waals surface area contributed by atoms with E-state index < -0.39 is 0 Å². The number of halogens is 1. The van der Waals surface area contributed by atoms with Crippen LogP contribution in [0.2, 0.25) is 5.15 Å². The molecule has 4 nitrogen and oxygen atoms in total. The Morgan fingerprint density at radius 3 is 2.78 bits per heavy atom. The molecule has 2 unspecified atom stereocenters. The van der Waals surface area contributed by atoms with E-state index in [2.05, 4.69) is 24.1 Å². The van der Waals surface area contributed by atoms with Gasteiger partial charge in [-0.05, 0) is 31.4 Å². The zero-order chi connectivity index (χ0) is 13.3. The summed E-state index contributed by atoms with van der Waals surface area (Å²) in [6, 6.07) is 3.65. The molecule has 0 aromatic carbocycles. The van der Waals surface area contributed by atoms with Gasteiger partial charge in [-0.25, -0.2) is 4.98 Å². The maximum Gasteiger partial charge on any atom is 0.254 e. The highest BCUT2D eigenvalue weighted by atomic mass is 35.5. The predicted molar refractivity (Wildman–Crippen MR) is 73.1 cm³/mol. The number of aromatic nitrogens is 1. The second-order valence-corrected chi connectivity index (χ2v) is 5.35. The molecule has 0 saturated carbocycles. The number of pyridine rings is 1. The van der Waals surface area contributed by atoms with Gasteiger partial charge in [0.1, 0.15) is 11.0 Å². The molecule has 1 saturated heterocycles. The first-order valence-electron chi connectivity index (χ1n) is 6.17. The first-order valence-corrected chi connectivity index (χ1v) is 6.55. The highest BCUT2D eigenvalue weighted by Gasteiger charge is 2.30. The summed E-state index contributed by atoms with van der Waals surface area (Å²) in [6.45, 7) is 5.07. The molecule has 0 bridgehead atoms. The normalized spacial score (nSPS) is 23.2. The summed E-state index contributed by atoms with van der Waals surface area (Å²) in [5.74, 6) is 1.21. The number of hydrogen-bond donors (Lipinski definition) is 1. The van der Waals surface area contributed by atoms with Crippen molar-refractivity contribution in [3.8, 4) is 0 Å². The van der Waals surface area contributed by atoms with Crippen molar-refractivity contribution in [2.45, 2.75) is 26.3 Å². The Balaban J connectivity index is 2.26. The maximum absolute atomic E-state index is 12.4. The van der Waals surface area contributed by atoms with E-state index in [1.807, 2.05) is 4.90 Å². The Labute approximate surface area is 112 Å². The molecule has 0 aliphatic carbocycles. The number of hydrogen-bond acceptors (Lipinski definition) is 3. The summed E-state index contributed by atoms with van der Waals surface area (Å²) in [4.78, 5) is 18.4. The number of amides is 1. The van der Waals surface area contributed by atoms with Gasteiger partial charge in [0.25, 0.3) is 5.91 Å². The van der Waals surface area contributed by atoms with Gasteiger partial charge in [-0.1, -0.05) is 18.5 Å². The summed E-state index contributed by atoms with van der Waals surface area (Å²) < 4.78 is 0. The van der Waals surface area contributed by atoms with Crippen molar-refractivity contribution in [3.63, 3.8) is 0 Å². The predicted octanol–water partition coefficient (Wildman–Crippen LogP) is 2.65. The first-order chi connectivity index (χ1) is 8.51. The number of rotatable bonds is 2. The lowest BCUT2D eigenvalue weighted by Gasteiger charge is -2.21. The van der Waals surface area contributed by atoms with Gasteiger partial charge in [-0.3, -0.25) is 4.79 Å². The van der Waals surface area contributed by atoms with Crippen LogP contribution in [0.4, 0.5) is 5.82 Å². The van der Waals surface area contributed by atoms with Crippen LogP contribution in [-0.4, -0.2) is 35.4 Å². The van der Waals surface area contributed by atoms with Crippen molar-refractivity contribution >= 4 is 23.3 Å². The quantitative estimate of drug-likeness (QED) is 0.838. The van der Waals surface area contributed by atoms with Gasteiger partial charge in [0.15, 0.2) is 0 Å². The van der Waals surface area contributed by atoms with Crippen LogP contribution in [0.15, 0.2) is 12.1 Å². The van der Waals surface area contributed by atoms with Gasteiger partial charge in [0.2, 0.25) is 0 Å². The van der Waals surface area contributed by atoms with Gasteiger partial charge in [0, 0.05) is 25.2 Å². The smallest absolute Gasteiger partial charge is 0.254 e. The number of nitrogens with zero attached hydrogens (tertiary/aromatic N) is 2. The number of nitrogens with one attached hydrogen (secondary N) is 1. The summed E-state index contributed by atoms with van der Waals surface area (Å²) in [7, 11) is 1.76. The third-order valence-corrected chi connectivity index (χ3v) is 3.54. The molecular weight excluding hydrogens is 250 g/mol. The average molecular weight is 268 g/mol. The Bertz CT molecular complexity index is 464. The molecule has 98 valence electrons. The van der Waals surface area contributed by atoms with Gasteiger partial charge >= 0.3 is 0 Å². The van der Waals surface area contributed by atoms with E-state index >= 15 is 0 Å². The Morgan fingerprint density at radius 2 is 2.22 bits per heavy atom. The zero-order valence-electron chi connectivity index (χ0n) is 10.9. The Morgan fingerprint density at radius 1 is 1.50 bits per heavy atom. The van der Waals surface area contributed by atoms with E-state index in [0.717, 1.165) is 13.0 Å². The minimum atomic E-state index is 0.0349. The van der Waals surface area contributed by atoms with Crippen LogP contribution in [-0.2, 0) is 0 Å². The minimum absolute atomic E-state index is 0.0349. The van der Waals surface area contributed by atoms with E-state index in [-0.39, 0.29) is 11.9 Å². The van der Waals surface area contributed by atoms with E-state index in [9.17, 15) is 4.79 Å². The van der Waals surface area contributed by atoms with Crippen LogP contribution < -0.4 is 5.32 Å². The molecule has 0 radical (unpaired) electrons. The van der Waals surface area contributed by atoms with Crippen molar-refractivity contribution in [1.82, 2.24) is 9.88 Å². The average Bonchev–Trinajstić information content (AvgIpc) is 2.66. The highest BCUT2D eigenvalue weighted by molar-refractivity contribution is 6.29. The molecule has 18 heavy (non-hydrogen) atoms. The number of likely N-dealkylation sites (tertiary alicyclic amines) is 1. The Kier molecular flexibility index (Phi) is 3.76. The molecule has 1 amide bonds. The molecule has 1 aliphatic heterocycles. The minimum Gasteiger partial charge on any atom is -0.373 e. The molecule has 2 rings (SSSR count). The summed E-state index contributed by atoms with van der Waals surface area (Å²) in [5.41, 5.74) is 0.598. The first kappa shape index (κ1) is 13.1. The van der Waals surface area contributed by atoms with Crippen molar-refractivity contribution in [1.29, 1.82) is 0 Å². The van der Waals surface area contributed by atoms with Crippen LogP contribution in [0.25, 0.3) is 0 Å². The van der Waals surface area contributed by atoms with Crippen molar-refractivity contribution in [3.05, 3.63) is 22.8 Å². The lowest BCUT2D eigenvalue weighted by molar-refractivity contribution is 0.0743. The van der Waals surface area contributed by atoms with Crippen molar-refractivity contribution in [2.75, 3.05) is 18.9 Å². The van der Waals surface area contributed by atoms with Gasteiger partial charge in [-0.2, -0.15) is 0 Å². The standard InChI is InChI=1S/C13H18ClN3O/c1-8-4-9(2)17(7-8)13(18)10-5-11(14)16-12(6-10)15-3/h5-6,8-9H,4,7H2,1-3H3,(H,15,16). The van der Waals surface area contributed by atoms with Crippen LogP contribution in [0, 0.1) is 5.92 Å². The van der Waals surface area contributed by atoms with Crippen molar-refractivity contribution < 1.29 is 4.79 Å². The van der Waals surface area contributed by atoms with Crippen LogP contribution >= 0.6 is 11.6 Å². The fourth-order valence-electron chi connectivity index (χ4n) is 2.50. The SMILES string of the molecule is CNc1cc(C(=O)N2CC(C)CC2C)cc(Cl)n1. The largest absolute Gasteiger partial charge is 0.373 e. The molecule has 1 N–H and O–H groups in total. The summed E-state index contributed by atoms with van der Waals surface area (Å²) in [5, 5.41) is 3.25. The fourth-order valence-corrected chi connectivity index (χ4v) is 2.71. The third-order valence-electron chi connectivity index (χ3n) is 3.34. The van der Waals surface area contributed by atoms with Gasteiger partial charge < -0.3 is 10.2 Å². The second-order valence-electron chi connectivity index (χ2n) is 4.96. The van der Waals surface area contributed by atoms with Crippen LogP contribution in [0.5, 0.6) is 0 Å². The van der Waals surface area contributed by atoms with Crippen LogP contribution in [0.3, 0.4) is 0 Å². The molecule has 1 aromatic heterocycles. The summed E-state index contributed by atoms with van der Waals surface area (Å²) in [6.07, 6.45) is 1.06. The molecule has 2 heterocycles. The molecule has 5 heteroatoms. The van der Waals surface area contributed by atoms with E-state index in [4.69, 9.17) is 11.6 Å². The lowest BCUT2D eigenvalue weighted by atomic mass is 10.1. The molecular formula is C13H18ClN3O. The van der Waals surface area contributed by atoms with E-state index in [1.54, 1.807) is 19.2 Å². The molecule has 2 atom stereocenters. The van der Waals surface area contributed by atoms with Crippen LogP contribution in [0.1, 0.15) is 30.6 Å². The van der Waals surface area contributed by atoms with E-state index in [0.29, 0.717) is 22.5 Å². The van der Waals surface area contributed by atoms with E-state index in [1.165, 1.54) is 0 Å². The third kappa shape index (κ3) is 2.58. The number of carbonyl (C=O) groups is 1. The molecule has 1 aromatic rings. The second kappa shape index (κ2) is 5.14. The van der Waals surface area contributed by atoms with Crippen molar-refractivity contribution in [2.24, 2.45) is 5.92 Å². The maximum atomic E-state index is 12.4. The monoisotopic (exact) mass is 267 g/mol.